The van der Waals surface area contributed by atoms with Gasteiger partial charge in [0.2, 0.25) is 5.91 Å². The second-order valence-corrected chi connectivity index (χ2v) is 7.73. The van der Waals surface area contributed by atoms with Crippen LogP contribution in [0.1, 0.15) is 27.9 Å². The smallest absolute Gasteiger partial charge is 0.224 e. The highest BCUT2D eigenvalue weighted by atomic mass is 79.9. The Morgan fingerprint density at radius 1 is 0.714 bits per heavy atom. The number of ketones is 1. The van der Waals surface area contributed by atoms with Crippen LogP contribution in [0.4, 0.5) is 0 Å². The minimum absolute atomic E-state index is 0.0566. The quantitative estimate of drug-likeness (QED) is 0.357. The van der Waals surface area contributed by atoms with Crippen molar-refractivity contribution in [2.24, 2.45) is 0 Å². The molecular formula is C24H22BrNO2. The number of benzene rings is 3. The molecule has 3 aromatic carbocycles. The number of carbonyl (C=O) groups excluding carboxylic acids is 2. The first kappa shape index (κ1) is 20.0. The lowest BCUT2D eigenvalue weighted by Gasteiger charge is -2.24. The highest BCUT2D eigenvalue weighted by molar-refractivity contribution is 9.10. The van der Waals surface area contributed by atoms with Crippen LogP contribution in [-0.4, -0.2) is 21.4 Å². The maximum absolute atomic E-state index is 13.0. The molecule has 0 fully saturated rings. The number of nitrogens with zero attached hydrogens (tertiary/aromatic N) is 1. The van der Waals surface area contributed by atoms with E-state index in [4.69, 9.17) is 0 Å². The van der Waals surface area contributed by atoms with E-state index in [1.54, 1.807) is 17.0 Å². The van der Waals surface area contributed by atoms with Crippen LogP contribution in [0.5, 0.6) is 0 Å². The topological polar surface area (TPSA) is 37.4 Å². The highest BCUT2D eigenvalue weighted by Crippen LogP contribution is 2.18. The summed E-state index contributed by atoms with van der Waals surface area (Å²) in [6, 6.07) is 28.9. The van der Waals surface area contributed by atoms with Crippen molar-refractivity contribution in [1.82, 2.24) is 4.90 Å². The summed E-state index contributed by atoms with van der Waals surface area (Å²) in [5.41, 5.74) is 2.73. The first-order valence-corrected chi connectivity index (χ1v) is 10.1. The second-order valence-electron chi connectivity index (χ2n) is 6.62. The van der Waals surface area contributed by atoms with Gasteiger partial charge in [0.05, 0.1) is 4.83 Å². The van der Waals surface area contributed by atoms with Crippen molar-refractivity contribution in [3.05, 3.63) is 108 Å². The van der Waals surface area contributed by atoms with Crippen LogP contribution in [0.3, 0.4) is 0 Å². The molecule has 0 aliphatic heterocycles. The molecule has 0 aliphatic carbocycles. The van der Waals surface area contributed by atoms with Gasteiger partial charge in [-0.3, -0.25) is 9.59 Å². The SMILES string of the molecule is O=C(c1ccccc1)C(Br)CC(=O)N(Cc1ccccc1)Cc1ccccc1. The van der Waals surface area contributed by atoms with E-state index < -0.39 is 4.83 Å². The van der Waals surface area contributed by atoms with E-state index in [9.17, 15) is 9.59 Å². The van der Waals surface area contributed by atoms with E-state index >= 15 is 0 Å². The van der Waals surface area contributed by atoms with E-state index in [0.29, 0.717) is 18.7 Å². The molecule has 0 spiro atoms. The van der Waals surface area contributed by atoms with Gasteiger partial charge in [-0.15, -0.1) is 0 Å². The number of halogens is 1. The van der Waals surface area contributed by atoms with Crippen molar-refractivity contribution >= 4 is 27.6 Å². The standard InChI is InChI=1S/C24H22BrNO2/c25-22(24(28)21-14-8-3-9-15-21)16-23(27)26(17-19-10-4-1-5-11-19)18-20-12-6-2-7-13-20/h1-15,22H,16-18H2. The Balaban J connectivity index is 1.72. The third-order valence-electron chi connectivity index (χ3n) is 4.48. The zero-order chi connectivity index (χ0) is 19.8. The molecule has 4 heteroatoms. The summed E-state index contributed by atoms with van der Waals surface area (Å²) < 4.78 is 0. The number of rotatable bonds is 8. The highest BCUT2D eigenvalue weighted by Gasteiger charge is 2.23. The molecule has 0 aliphatic rings. The van der Waals surface area contributed by atoms with Gasteiger partial charge in [0.15, 0.2) is 5.78 Å². The summed E-state index contributed by atoms with van der Waals surface area (Å²) in [5, 5.41) is 0. The lowest BCUT2D eigenvalue weighted by Crippen LogP contribution is -2.33. The molecule has 0 aromatic heterocycles. The van der Waals surface area contributed by atoms with Gasteiger partial charge < -0.3 is 4.90 Å². The molecule has 3 nitrogen and oxygen atoms in total. The molecule has 0 N–H and O–H groups in total. The van der Waals surface area contributed by atoms with E-state index in [2.05, 4.69) is 15.9 Å². The molecule has 0 saturated carbocycles. The van der Waals surface area contributed by atoms with E-state index in [0.717, 1.165) is 11.1 Å². The monoisotopic (exact) mass is 435 g/mol. The van der Waals surface area contributed by atoms with E-state index in [-0.39, 0.29) is 18.1 Å². The van der Waals surface area contributed by atoms with E-state index in [1.807, 2.05) is 78.9 Å². The number of Topliss-reactive ketones (excluding diaryl/α,β-unsaturated/α-hetero) is 1. The Hall–Kier alpha value is -2.72. The van der Waals surface area contributed by atoms with Crippen molar-refractivity contribution in [1.29, 1.82) is 0 Å². The minimum Gasteiger partial charge on any atom is -0.334 e. The molecule has 0 bridgehead atoms. The zero-order valence-electron chi connectivity index (χ0n) is 15.5. The Kier molecular flexibility index (Phi) is 7.15. The zero-order valence-corrected chi connectivity index (χ0v) is 17.1. The minimum atomic E-state index is -0.545. The number of hydrogen-bond acceptors (Lipinski definition) is 2. The number of amides is 1. The van der Waals surface area contributed by atoms with Gasteiger partial charge >= 0.3 is 0 Å². The predicted molar refractivity (Wildman–Crippen MR) is 115 cm³/mol. The molecule has 142 valence electrons. The summed E-state index contributed by atoms with van der Waals surface area (Å²) in [5.74, 6) is -0.132. The summed E-state index contributed by atoms with van der Waals surface area (Å²) in [4.78, 5) is 26.9. The van der Waals surface area contributed by atoms with Crippen LogP contribution in [0, 0.1) is 0 Å². The first-order chi connectivity index (χ1) is 13.6. The molecule has 28 heavy (non-hydrogen) atoms. The fourth-order valence-corrected chi connectivity index (χ4v) is 3.54. The van der Waals surface area contributed by atoms with Gasteiger partial charge in [-0.2, -0.15) is 0 Å². The molecule has 1 unspecified atom stereocenters. The third-order valence-corrected chi connectivity index (χ3v) is 5.22. The van der Waals surface area contributed by atoms with Crippen LogP contribution >= 0.6 is 15.9 Å². The van der Waals surface area contributed by atoms with Crippen LogP contribution in [0.2, 0.25) is 0 Å². The van der Waals surface area contributed by atoms with Crippen molar-refractivity contribution in [2.45, 2.75) is 24.3 Å². The lowest BCUT2D eigenvalue weighted by atomic mass is 10.1. The van der Waals surface area contributed by atoms with Gasteiger partial charge in [0, 0.05) is 25.1 Å². The number of hydrogen-bond donors (Lipinski definition) is 0. The average molecular weight is 436 g/mol. The van der Waals surface area contributed by atoms with Crippen molar-refractivity contribution < 1.29 is 9.59 Å². The van der Waals surface area contributed by atoms with Crippen LogP contribution < -0.4 is 0 Å². The normalized spacial score (nSPS) is 11.6. The van der Waals surface area contributed by atoms with Crippen molar-refractivity contribution in [3.63, 3.8) is 0 Å². The van der Waals surface area contributed by atoms with E-state index in [1.165, 1.54) is 0 Å². The predicted octanol–water partition coefficient (Wildman–Crippen LogP) is 5.25. The van der Waals surface area contributed by atoms with Gasteiger partial charge in [0.25, 0.3) is 0 Å². The van der Waals surface area contributed by atoms with Crippen LogP contribution in [-0.2, 0) is 17.9 Å². The summed E-state index contributed by atoms with van der Waals surface area (Å²) in [7, 11) is 0. The van der Waals surface area contributed by atoms with Gasteiger partial charge in [-0.25, -0.2) is 0 Å². The molecule has 1 atom stereocenters. The van der Waals surface area contributed by atoms with Gasteiger partial charge in [-0.1, -0.05) is 107 Å². The second kappa shape index (κ2) is 10.00. The fraction of sp³-hybridized carbons (Fsp3) is 0.167. The Morgan fingerprint density at radius 2 is 1.14 bits per heavy atom. The molecular weight excluding hydrogens is 414 g/mol. The molecule has 3 rings (SSSR count). The van der Waals surface area contributed by atoms with Gasteiger partial charge in [-0.05, 0) is 11.1 Å². The Morgan fingerprint density at radius 3 is 1.61 bits per heavy atom. The Labute approximate surface area is 174 Å². The third kappa shape index (κ3) is 5.64. The summed E-state index contributed by atoms with van der Waals surface area (Å²) in [6.45, 7) is 1.02. The summed E-state index contributed by atoms with van der Waals surface area (Å²) in [6.07, 6.45) is 0.118. The fourth-order valence-electron chi connectivity index (χ4n) is 3.00. The maximum Gasteiger partial charge on any atom is 0.224 e. The lowest BCUT2D eigenvalue weighted by molar-refractivity contribution is -0.132. The number of carbonyl (C=O) groups is 2. The molecule has 0 saturated heterocycles. The average Bonchev–Trinajstić information content (AvgIpc) is 2.74. The molecule has 1 amide bonds. The largest absolute Gasteiger partial charge is 0.334 e. The maximum atomic E-state index is 13.0. The first-order valence-electron chi connectivity index (χ1n) is 9.22. The Bertz CT molecular complexity index is 856. The van der Waals surface area contributed by atoms with Crippen LogP contribution in [0.25, 0.3) is 0 Å². The van der Waals surface area contributed by atoms with Gasteiger partial charge in [0.1, 0.15) is 0 Å². The van der Waals surface area contributed by atoms with Crippen molar-refractivity contribution in [3.8, 4) is 0 Å². The van der Waals surface area contributed by atoms with Crippen molar-refractivity contribution in [2.75, 3.05) is 0 Å². The summed E-state index contributed by atoms with van der Waals surface area (Å²) >= 11 is 3.42. The molecule has 3 aromatic rings. The van der Waals surface area contributed by atoms with Crippen LogP contribution in [0.15, 0.2) is 91.0 Å². The number of alkyl halides is 1. The molecule has 0 heterocycles. The molecule has 0 radical (unpaired) electrons.